The third-order valence-electron chi connectivity index (χ3n) is 5.88. The largest absolute Gasteiger partial charge is 0.449 e. The number of carbonyl (C=O) groups excluding carboxylic acids is 1. The Morgan fingerprint density at radius 2 is 1.64 bits per heavy atom. The number of carbonyl (C=O) groups is 1. The highest BCUT2D eigenvalue weighted by molar-refractivity contribution is 6.83. The fourth-order valence-corrected chi connectivity index (χ4v) is 4.69. The van der Waals surface area contributed by atoms with Gasteiger partial charge in [0.1, 0.15) is 14.7 Å². The summed E-state index contributed by atoms with van der Waals surface area (Å²) in [6, 6.07) is 20.4. The molecule has 0 aromatic heterocycles. The van der Waals surface area contributed by atoms with Gasteiger partial charge in [-0.15, -0.1) is 5.54 Å². The number of hydrogen-bond acceptors (Lipinski definition) is 3. The van der Waals surface area contributed by atoms with Gasteiger partial charge >= 0.3 is 6.09 Å². The van der Waals surface area contributed by atoms with Crippen LogP contribution in [0.5, 0.6) is 0 Å². The molecule has 0 radical (unpaired) electrons. The van der Waals surface area contributed by atoms with Gasteiger partial charge in [-0.2, -0.15) is 0 Å². The molecular weight excluding hydrogens is 424 g/mol. The van der Waals surface area contributed by atoms with Crippen molar-refractivity contribution in [1.29, 1.82) is 0 Å². The predicted octanol–water partition coefficient (Wildman–Crippen LogP) is 5.84. The van der Waals surface area contributed by atoms with Gasteiger partial charge in [0.05, 0.1) is 0 Å². The molecule has 4 nitrogen and oxygen atoms in total. The van der Waals surface area contributed by atoms with Crippen LogP contribution < -0.4 is 11.1 Å². The van der Waals surface area contributed by atoms with E-state index in [0.29, 0.717) is 18.8 Å². The molecule has 0 saturated heterocycles. The Kier molecular flexibility index (Phi) is 6.30. The van der Waals surface area contributed by atoms with E-state index in [0.717, 1.165) is 16.7 Å². The minimum Gasteiger partial charge on any atom is -0.449 e. The Labute approximate surface area is 197 Å². The molecule has 0 unspecified atom stereocenters. The molecule has 0 atom stereocenters. The fraction of sp³-hybridized carbons (Fsp3) is 0.250. The van der Waals surface area contributed by atoms with Crippen molar-refractivity contribution in [2.45, 2.75) is 39.0 Å². The van der Waals surface area contributed by atoms with Crippen molar-refractivity contribution in [3.05, 3.63) is 88.5 Å². The zero-order valence-electron chi connectivity index (χ0n) is 19.7. The highest BCUT2D eigenvalue weighted by atomic mass is 28.3. The maximum Gasteiger partial charge on any atom is 0.407 e. The van der Waals surface area contributed by atoms with E-state index in [1.807, 2.05) is 43.3 Å². The van der Waals surface area contributed by atoms with Gasteiger partial charge in [-0.3, -0.25) is 0 Å². The highest BCUT2D eigenvalue weighted by Gasteiger charge is 2.29. The number of hydrogen-bond donors (Lipinski definition) is 2. The summed E-state index contributed by atoms with van der Waals surface area (Å²) in [6.45, 7) is 9.28. The van der Waals surface area contributed by atoms with Gasteiger partial charge in [-0.1, -0.05) is 74.1 Å². The lowest BCUT2D eigenvalue weighted by molar-refractivity contribution is 0.142. The molecule has 0 bridgehead atoms. The summed E-state index contributed by atoms with van der Waals surface area (Å²) in [5.41, 5.74) is 17.9. The second kappa shape index (κ2) is 9.17. The van der Waals surface area contributed by atoms with Crippen molar-refractivity contribution in [2.75, 3.05) is 12.3 Å². The van der Waals surface area contributed by atoms with Crippen LogP contribution in [0.25, 0.3) is 11.1 Å². The van der Waals surface area contributed by atoms with E-state index in [-0.39, 0.29) is 5.92 Å². The lowest BCUT2D eigenvalue weighted by Crippen LogP contribution is -2.26. The molecule has 0 aliphatic heterocycles. The lowest BCUT2D eigenvalue weighted by atomic mass is 9.98. The topological polar surface area (TPSA) is 64.3 Å². The molecule has 3 aromatic rings. The molecule has 168 valence electrons. The average Bonchev–Trinajstić information content (AvgIpc) is 3.10. The summed E-state index contributed by atoms with van der Waals surface area (Å²) in [5.74, 6) is 3.33. The third-order valence-corrected chi connectivity index (χ3v) is 6.75. The van der Waals surface area contributed by atoms with Crippen LogP contribution in [0.15, 0.2) is 60.7 Å². The van der Waals surface area contributed by atoms with Crippen molar-refractivity contribution in [3.8, 4) is 22.6 Å². The van der Waals surface area contributed by atoms with E-state index in [9.17, 15) is 4.79 Å². The van der Waals surface area contributed by atoms with Crippen LogP contribution in [-0.2, 0) is 11.3 Å². The molecule has 3 aromatic carbocycles. The number of nitrogens with two attached hydrogens (primary N) is 1. The molecule has 1 aliphatic rings. The number of benzene rings is 3. The molecule has 5 heteroatoms. The fourth-order valence-electron chi connectivity index (χ4n) is 4.18. The van der Waals surface area contributed by atoms with Gasteiger partial charge < -0.3 is 15.8 Å². The first-order valence-electron chi connectivity index (χ1n) is 11.2. The monoisotopic (exact) mass is 454 g/mol. The minimum atomic E-state index is -1.50. The van der Waals surface area contributed by atoms with Crippen LogP contribution in [0.4, 0.5) is 10.5 Å². The number of nitrogen functional groups attached to an aromatic ring is 1. The van der Waals surface area contributed by atoms with E-state index in [4.69, 9.17) is 10.5 Å². The standard InChI is InChI=1S/C28H30N2O2Si/c1-19-20(13-14-33(2,3)4)15-22(29)16-21(19)17-30-28(31)32-18-27-25-11-7-5-9-23(25)24-10-6-8-12-26(24)27/h5-12,15-16,27H,17-18,29H2,1-4H3,(H,30,31). The molecule has 4 rings (SSSR count). The van der Waals surface area contributed by atoms with Gasteiger partial charge in [0.15, 0.2) is 0 Å². The van der Waals surface area contributed by atoms with Crippen molar-refractivity contribution < 1.29 is 9.53 Å². The minimum absolute atomic E-state index is 0.0423. The molecular formula is C28H30N2O2Si. The quantitative estimate of drug-likeness (QED) is 0.295. The summed E-state index contributed by atoms with van der Waals surface area (Å²) in [7, 11) is -1.50. The lowest BCUT2D eigenvalue weighted by Gasteiger charge is -2.15. The number of fused-ring (bicyclic) bond motifs is 3. The van der Waals surface area contributed by atoms with Crippen LogP contribution in [0.2, 0.25) is 19.6 Å². The van der Waals surface area contributed by atoms with E-state index in [1.165, 1.54) is 22.3 Å². The van der Waals surface area contributed by atoms with E-state index in [1.54, 1.807) is 0 Å². The number of anilines is 1. The zero-order chi connectivity index (χ0) is 23.6. The maximum absolute atomic E-state index is 12.5. The van der Waals surface area contributed by atoms with Gasteiger partial charge in [-0.25, -0.2) is 4.79 Å². The van der Waals surface area contributed by atoms with Crippen molar-refractivity contribution in [1.82, 2.24) is 5.32 Å². The molecule has 0 saturated carbocycles. The second-order valence-electron chi connectivity index (χ2n) is 9.53. The van der Waals surface area contributed by atoms with Gasteiger partial charge in [-0.05, 0) is 52.4 Å². The van der Waals surface area contributed by atoms with Crippen LogP contribution in [0, 0.1) is 18.4 Å². The predicted molar refractivity (Wildman–Crippen MR) is 138 cm³/mol. The summed E-state index contributed by atoms with van der Waals surface area (Å²) >= 11 is 0. The summed E-state index contributed by atoms with van der Waals surface area (Å²) in [5, 5.41) is 2.88. The van der Waals surface area contributed by atoms with Crippen LogP contribution in [0.3, 0.4) is 0 Å². The first-order valence-corrected chi connectivity index (χ1v) is 14.7. The first-order chi connectivity index (χ1) is 15.7. The summed E-state index contributed by atoms with van der Waals surface area (Å²) in [4.78, 5) is 12.5. The Balaban J connectivity index is 1.43. The van der Waals surface area contributed by atoms with Crippen LogP contribution >= 0.6 is 0 Å². The summed E-state index contributed by atoms with van der Waals surface area (Å²) in [6.07, 6.45) is -0.437. The average molecular weight is 455 g/mol. The van der Waals surface area contributed by atoms with E-state index in [2.05, 4.69) is 60.7 Å². The molecule has 1 aliphatic carbocycles. The Morgan fingerprint density at radius 1 is 1.03 bits per heavy atom. The molecule has 33 heavy (non-hydrogen) atoms. The molecule has 3 N–H and O–H groups in total. The first kappa shape index (κ1) is 22.7. The zero-order valence-corrected chi connectivity index (χ0v) is 20.7. The van der Waals surface area contributed by atoms with Gasteiger partial charge in [0, 0.05) is 23.7 Å². The highest BCUT2D eigenvalue weighted by Crippen LogP contribution is 2.44. The van der Waals surface area contributed by atoms with Gasteiger partial charge in [0.2, 0.25) is 0 Å². The van der Waals surface area contributed by atoms with Crippen molar-refractivity contribution in [2.24, 2.45) is 0 Å². The molecule has 1 amide bonds. The molecule has 0 fully saturated rings. The molecule has 0 spiro atoms. The number of ether oxygens (including phenoxy) is 1. The smallest absolute Gasteiger partial charge is 0.407 e. The number of rotatable bonds is 4. The number of amides is 1. The van der Waals surface area contributed by atoms with Crippen molar-refractivity contribution in [3.63, 3.8) is 0 Å². The summed E-state index contributed by atoms with van der Waals surface area (Å²) < 4.78 is 5.65. The van der Waals surface area contributed by atoms with Gasteiger partial charge in [0.25, 0.3) is 0 Å². The van der Waals surface area contributed by atoms with E-state index >= 15 is 0 Å². The van der Waals surface area contributed by atoms with E-state index < -0.39 is 14.2 Å². The third kappa shape index (κ3) is 5.13. The Morgan fingerprint density at radius 3 is 2.24 bits per heavy atom. The Hall–Kier alpha value is -3.49. The SMILES string of the molecule is Cc1c(C#C[Si](C)(C)C)cc(N)cc1CNC(=O)OCC1c2ccccc2-c2ccccc21. The number of alkyl carbamates (subject to hydrolysis) is 1. The van der Waals surface area contributed by atoms with Crippen LogP contribution in [0.1, 0.15) is 33.7 Å². The van der Waals surface area contributed by atoms with Crippen molar-refractivity contribution >= 4 is 19.9 Å². The number of nitrogens with one attached hydrogen (secondary N) is 1. The Bertz CT molecular complexity index is 1220. The molecule has 0 heterocycles. The maximum atomic E-state index is 12.5. The second-order valence-corrected chi connectivity index (χ2v) is 14.3. The van der Waals surface area contributed by atoms with Crippen LogP contribution in [-0.4, -0.2) is 20.8 Å². The normalized spacial score (nSPS) is 12.4.